The van der Waals surface area contributed by atoms with Crippen LogP contribution in [0.15, 0.2) is 36.4 Å². The number of halogens is 3. The Kier molecular flexibility index (Phi) is 7.34. The zero-order valence-corrected chi connectivity index (χ0v) is 21.2. The summed E-state index contributed by atoms with van der Waals surface area (Å²) in [6.45, 7) is 2.06. The third kappa shape index (κ3) is 4.52. The summed E-state index contributed by atoms with van der Waals surface area (Å²) in [6.07, 6.45) is 0.0900. The summed E-state index contributed by atoms with van der Waals surface area (Å²) in [7, 11) is 3.19. The second-order valence-corrected chi connectivity index (χ2v) is 9.65. The first-order valence-electron chi connectivity index (χ1n) is 10.1. The normalized spacial score (nSPS) is 17.0. The summed E-state index contributed by atoms with van der Waals surface area (Å²) in [5, 5.41) is 0.317. The van der Waals surface area contributed by atoms with Crippen molar-refractivity contribution in [1.29, 1.82) is 0 Å². The Bertz CT molecular complexity index is 1200. The lowest BCUT2D eigenvalue weighted by atomic mass is 10.0. The van der Waals surface area contributed by atoms with E-state index >= 15 is 0 Å². The van der Waals surface area contributed by atoms with Gasteiger partial charge in [0.05, 0.1) is 43.4 Å². The SMILES string of the molecule is CCOC(=O)CC1SC(c2cccc(OC)c2OC)c2cc(Cl)ccc2-n2c1nc(Cl)c2Cl. The van der Waals surface area contributed by atoms with E-state index in [4.69, 9.17) is 49.0 Å². The molecular formula is C23H21Cl3N2O4S. The van der Waals surface area contributed by atoms with Gasteiger partial charge in [-0.1, -0.05) is 46.9 Å². The number of esters is 1. The van der Waals surface area contributed by atoms with E-state index in [1.807, 2.05) is 30.3 Å². The fraction of sp³-hybridized carbons (Fsp3) is 0.304. The average molecular weight is 528 g/mol. The Morgan fingerprint density at radius 2 is 1.91 bits per heavy atom. The summed E-state index contributed by atoms with van der Waals surface area (Å²) in [6, 6.07) is 11.2. The van der Waals surface area contributed by atoms with Crippen molar-refractivity contribution in [2.75, 3.05) is 20.8 Å². The Labute approximate surface area is 211 Å². The first kappa shape index (κ1) is 24.1. The topological polar surface area (TPSA) is 62.6 Å². The van der Waals surface area contributed by atoms with Gasteiger partial charge in [0.25, 0.3) is 0 Å². The van der Waals surface area contributed by atoms with Gasteiger partial charge in [-0.15, -0.1) is 11.8 Å². The molecule has 0 bridgehead atoms. The molecule has 174 valence electrons. The molecule has 0 saturated carbocycles. The highest BCUT2D eigenvalue weighted by molar-refractivity contribution is 8.00. The number of para-hydroxylation sites is 1. The Morgan fingerprint density at radius 1 is 1.12 bits per heavy atom. The molecular weight excluding hydrogens is 507 g/mol. The van der Waals surface area contributed by atoms with Gasteiger partial charge >= 0.3 is 5.97 Å². The van der Waals surface area contributed by atoms with Crippen molar-refractivity contribution >= 4 is 52.5 Å². The number of carbonyl (C=O) groups is 1. The lowest BCUT2D eigenvalue weighted by Crippen LogP contribution is -2.12. The van der Waals surface area contributed by atoms with Crippen LogP contribution in [-0.2, 0) is 9.53 Å². The van der Waals surface area contributed by atoms with E-state index in [-0.39, 0.29) is 34.6 Å². The number of aromatic nitrogens is 2. The van der Waals surface area contributed by atoms with E-state index in [0.29, 0.717) is 22.3 Å². The van der Waals surface area contributed by atoms with Gasteiger partial charge in [-0.3, -0.25) is 9.36 Å². The smallest absolute Gasteiger partial charge is 0.307 e. The summed E-state index contributed by atoms with van der Waals surface area (Å²) in [5.41, 5.74) is 2.52. The van der Waals surface area contributed by atoms with Gasteiger partial charge in [0.1, 0.15) is 5.82 Å². The molecule has 6 nitrogen and oxygen atoms in total. The van der Waals surface area contributed by atoms with Crippen molar-refractivity contribution in [3.05, 3.63) is 68.7 Å². The van der Waals surface area contributed by atoms with Crippen LogP contribution in [-0.4, -0.2) is 36.3 Å². The molecule has 0 N–H and O–H groups in total. The van der Waals surface area contributed by atoms with Gasteiger partial charge in [0.2, 0.25) is 0 Å². The van der Waals surface area contributed by atoms with Crippen molar-refractivity contribution in [1.82, 2.24) is 9.55 Å². The Morgan fingerprint density at radius 3 is 2.61 bits per heavy atom. The van der Waals surface area contributed by atoms with Crippen LogP contribution < -0.4 is 9.47 Å². The molecule has 0 radical (unpaired) electrons. The number of hydrogen-bond donors (Lipinski definition) is 0. The zero-order chi connectivity index (χ0) is 23.7. The van der Waals surface area contributed by atoms with E-state index in [9.17, 15) is 4.79 Å². The van der Waals surface area contributed by atoms with E-state index in [1.165, 1.54) is 11.8 Å². The van der Waals surface area contributed by atoms with Gasteiger partial charge in [-0.2, -0.15) is 0 Å². The van der Waals surface area contributed by atoms with E-state index in [0.717, 1.165) is 16.8 Å². The molecule has 3 aromatic rings. The quantitative estimate of drug-likeness (QED) is 0.333. The first-order chi connectivity index (χ1) is 15.9. The fourth-order valence-corrected chi connectivity index (χ4v) is 6.02. The predicted molar refractivity (Wildman–Crippen MR) is 132 cm³/mol. The van der Waals surface area contributed by atoms with Crippen LogP contribution in [0.3, 0.4) is 0 Å². The maximum atomic E-state index is 12.5. The number of rotatable bonds is 6. The van der Waals surface area contributed by atoms with Gasteiger partial charge in [-0.25, -0.2) is 4.98 Å². The minimum atomic E-state index is -0.402. The summed E-state index contributed by atoms with van der Waals surface area (Å²) < 4.78 is 18.3. The third-order valence-electron chi connectivity index (χ3n) is 5.28. The number of hydrogen-bond acceptors (Lipinski definition) is 6. The van der Waals surface area contributed by atoms with Crippen LogP contribution in [0.1, 0.15) is 40.8 Å². The fourth-order valence-electron chi connectivity index (χ4n) is 3.94. The van der Waals surface area contributed by atoms with Crippen LogP contribution in [0.5, 0.6) is 11.5 Å². The highest BCUT2D eigenvalue weighted by Crippen LogP contribution is 2.54. The Hall–Kier alpha value is -2.06. The van der Waals surface area contributed by atoms with Gasteiger partial charge in [0, 0.05) is 10.6 Å². The maximum Gasteiger partial charge on any atom is 0.307 e. The van der Waals surface area contributed by atoms with Crippen LogP contribution in [0.2, 0.25) is 15.3 Å². The molecule has 2 aromatic carbocycles. The van der Waals surface area contributed by atoms with Gasteiger partial charge < -0.3 is 14.2 Å². The highest BCUT2D eigenvalue weighted by Gasteiger charge is 2.36. The van der Waals surface area contributed by atoms with Crippen molar-refractivity contribution < 1.29 is 19.0 Å². The predicted octanol–water partition coefficient (Wildman–Crippen LogP) is 6.68. The molecule has 0 spiro atoms. The van der Waals surface area contributed by atoms with Crippen LogP contribution in [0.25, 0.3) is 5.69 Å². The van der Waals surface area contributed by atoms with Crippen molar-refractivity contribution in [2.45, 2.75) is 23.8 Å². The second kappa shape index (κ2) is 10.1. The molecule has 2 atom stereocenters. The molecule has 2 heterocycles. The lowest BCUT2D eigenvalue weighted by Gasteiger charge is -2.23. The number of nitrogens with zero attached hydrogens (tertiary/aromatic N) is 2. The number of fused-ring (bicyclic) bond motifs is 3. The first-order valence-corrected chi connectivity index (χ1v) is 12.2. The highest BCUT2D eigenvalue weighted by atomic mass is 35.5. The molecule has 0 amide bonds. The maximum absolute atomic E-state index is 12.5. The van der Waals surface area contributed by atoms with E-state index < -0.39 is 5.25 Å². The van der Waals surface area contributed by atoms with Crippen molar-refractivity contribution in [3.8, 4) is 17.2 Å². The second-order valence-electron chi connectivity index (χ2n) is 7.19. The molecule has 0 saturated heterocycles. The number of benzene rings is 2. The molecule has 33 heavy (non-hydrogen) atoms. The van der Waals surface area contributed by atoms with Crippen molar-refractivity contribution in [3.63, 3.8) is 0 Å². The lowest BCUT2D eigenvalue weighted by molar-refractivity contribution is -0.143. The third-order valence-corrected chi connectivity index (χ3v) is 7.71. The minimum absolute atomic E-state index is 0.0900. The van der Waals surface area contributed by atoms with Gasteiger partial charge in [-0.05, 0) is 36.8 Å². The monoisotopic (exact) mass is 526 g/mol. The van der Waals surface area contributed by atoms with Crippen LogP contribution in [0.4, 0.5) is 0 Å². The molecule has 10 heteroatoms. The number of thioether (sulfide) groups is 1. The average Bonchev–Trinajstić information content (AvgIpc) is 3.03. The molecule has 1 aliphatic heterocycles. The van der Waals surface area contributed by atoms with Gasteiger partial charge in [0.15, 0.2) is 21.8 Å². The molecule has 4 rings (SSSR count). The molecule has 0 aliphatic carbocycles. The largest absolute Gasteiger partial charge is 0.493 e. The van der Waals surface area contributed by atoms with E-state index in [2.05, 4.69) is 4.98 Å². The number of ether oxygens (including phenoxy) is 3. The number of imidazole rings is 1. The van der Waals surface area contributed by atoms with E-state index in [1.54, 1.807) is 31.8 Å². The minimum Gasteiger partial charge on any atom is -0.493 e. The standard InChI is InChI=1S/C23H21Cl3N2O4S/c1-4-32-18(29)11-17-23-27-21(25)22(26)28(23)15-9-8-12(24)10-14(15)20(33-17)13-6-5-7-16(30-2)19(13)31-3/h5-10,17,20H,4,11H2,1-3H3. The molecule has 1 aliphatic rings. The Balaban J connectivity index is 1.97. The van der Waals surface area contributed by atoms with Crippen LogP contribution >= 0.6 is 46.6 Å². The van der Waals surface area contributed by atoms with Crippen molar-refractivity contribution in [2.24, 2.45) is 0 Å². The number of methoxy groups -OCH3 is 2. The summed E-state index contributed by atoms with van der Waals surface area (Å²) in [5.74, 6) is 1.43. The summed E-state index contributed by atoms with van der Waals surface area (Å²) in [4.78, 5) is 17.0. The number of carbonyl (C=O) groups excluding carboxylic acids is 1. The molecule has 1 aromatic heterocycles. The van der Waals surface area contributed by atoms with Crippen LogP contribution in [0, 0.1) is 0 Å². The summed E-state index contributed by atoms with van der Waals surface area (Å²) >= 11 is 20.9. The zero-order valence-electron chi connectivity index (χ0n) is 18.1. The molecule has 2 unspecified atom stereocenters. The molecule has 0 fully saturated rings.